The molecule has 0 amide bonds. The minimum absolute atomic E-state index is 0.0503. The van der Waals surface area contributed by atoms with E-state index in [1.54, 1.807) is 0 Å². The van der Waals surface area contributed by atoms with E-state index in [9.17, 15) is 0 Å². The van der Waals surface area contributed by atoms with Crippen LogP contribution in [0.1, 0.15) is 25.0 Å². The average Bonchev–Trinajstić information content (AvgIpc) is 3.68. The second-order valence-corrected chi connectivity index (χ2v) is 13.0. The molecule has 10 rings (SSSR count). The molecule has 0 radical (unpaired) electrons. The van der Waals surface area contributed by atoms with Gasteiger partial charge in [-0.2, -0.15) is 0 Å². The van der Waals surface area contributed by atoms with Crippen molar-refractivity contribution in [2.45, 2.75) is 19.3 Å². The number of hydrogen-bond acceptors (Lipinski definition) is 1. The summed E-state index contributed by atoms with van der Waals surface area (Å²) in [6, 6.07) is 51.0. The van der Waals surface area contributed by atoms with E-state index >= 15 is 0 Å². The summed E-state index contributed by atoms with van der Waals surface area (Å²) < 4.78 is 8.66. The molecule has 0 fully saturated rings. The summed E-state index contributed by atoms with van der Waals surface area (Å²) in [5.41, 5.74) is 13.3. The Morgan fingerprint density at radius 3 is 2.02 bits per heavy atom. The van der Waals surface area contributed by atoms with Gasteiger partial charge in [0.1, 0.15) is 11.2 Å². The smallest absolute Gasteiger partial charge is 0.136 e. The molecule has 0 unspecified atom stereocenters. The largest absolute Gasteiger partial charge is 0.456 e. The quantitative estimate of drug-likeness (QED) is 0.200. The number of nitrogens with zero attached hydrogens (tertiary/aromatic N) is 1. The first-order valence-electron chi connectivity index (χ1n) is 15.7. The van der Waals surface area contributed by atoms with Crippen molar-refractivity contribution < 1.29 is 4.42 Å². The predicted molar refractivity (Wildman–Crippen MR) is 189 cm³/mol. The summed E-state index contributed by atoms with van der Waals surface area (Å²) in [7, 11) is 0. The molecule has 2 nitrogen and oxygen atoms in total. The van der Waals surface area contributed by atoms with E-state index in [0.717, 1.165) is 22.2 Å². The van der Waals surface area contributed by atoms with Crippen molar-refractivity contribution in [1.82, 2.24) is 4.57 Å². The van der Waals surface area contributed by atoms with E-state index in [4.69, 9.17) is 4.42 Å². The molecule has 0 atom stereocenters. The second-order valence-electron chi connectivity index (χ2n) is 13.0. The van der Waals surface area contributed by atoms with Crippen molar-refractivity contribution in [3.05, 3.63) is 151 Å². The van der Waals surface area contributed by atoms with E-state index < -0.39 is 0 Å². The van der Waals surface area contributed by atoms with Gasteiger partial charge in [0, 0.05) is 32.6 Å². The van der Waals surface area contributed by atoms with Gasteiger partial charge in [0.15, 0.2) is 0 Å². The number of para-hydroxylation sites is 1. The molecule has 2 heteroatoms. The van der Waals surface area contributed by atoms with E-state index in [2.05, 4.69) is 146 Å². The Kier molecular flexibility index (Phi) is 4.82. The third-order valence-electron chi connectivity index (χ3n) is 10.2. The van der Waals surface area contributed by atoms with Gasteiger partial charge >= 0.3 is 0 Å². The first-order chi connectivity index (χ1) is 22.1. The van der Waals surface area contributed by atoms with Crippen molar-refractivity contribution in [3.8, 4) is 27.9 Å². The minimum atomic E-state index is -0.0503. The fraction of sp³-hybridized carbons (Fsp3) is 0.0698. The van der Waals surface area contributed by atoms with Gasteiger partial charge in [0.25, 0.3) is 0 Å². The Hall–Kier alpha value is -5.60. The Labute approximate surface area is 260 Å². The van der Waals surface area contributed by atoms with E-state index in [0.29, 0.717) is 0 Å². The van der Waals surface area contributed by atoms with Crippen molar-refractivity contribution in [3.63, 3.8) is 0 Å². The number of rotatable bonds is 2. The van der Waals surface area contributed by atoms with Gasteiger partial charge in [-0.25, -0.2) is 0 Å². The van der Waals surface area contributed by atoms with Crippen molar-refractivity contribution >= 4 is 54.5 Å². The molecule has 0 saturated carbocycles. The Bertz CT molecular complexity index is 2670. The molecule has 2 aromatic heterocycles. The van der Waals surface area contributed by atoms with Crippen molar-refractivity contribution in [2.75, 3.05) is 0 Å². The van der Waals surface area contributed by atoms with Crippen molar-refractivity contribution in [2.24, 2.45) is 0 Å². The van der Waals surface area contributed by atoms with Gasteiger partial charge in [-0.3, -0.25) is 0 Å². The molecule has 0 spiro atoms. The Morgan fingerprint density at radius 2 is 1.16 bits per heavy atom. The third-order valence-corrected chi connectivity index (χ3v) is 10.2. The molecule has 0 bridgehead atoms. The highest BCUT2D eigenvalue weighted by molar-refractivity contribution is 6.15. The molecule has 0 saturated heterocycles. The monoisotopic (exact) mass is 575 g/mol. The van der Waals surface area contributed by atoms with Crippen LogP contribution >= 0.6 is 0 Å². The molecular formula is C43H29NO. The molecule has 0 aliphatic heterocycles. The lowest BCUT2D eigenvalue weighted by Crippen LogP contribution is -2.14. The summed E-state index contributed by atoms with van der Waals surface area (Å²) >= 11 is 0. The maximum absolute atomic E-state index is 6.20. The molecule has 7 aromatic carbocycles. The molecule has 45 heavy (non-hydrogen) atoms. The molecule has 212 valence electrons. The van der Waals surface area contributed by atoms with Gasteiger partial charge in [-0.1, -0.05) is 105 Å². The van der Waals surface area contributed by atoms with Crippen LogP contribution in [0.2, 0.25) is 0 Å². The van der Waals surface area contributed by atoms with E-state index in [1.807, 2.05) is 12.1 Å². The van der Waals surface area contributed by atoms with Gasteiger partial charge in [-0.05, 0) is 92.7 Å². The molecule has 1 aliphatic rings. The van der Waals surface area contributed by atoms with E-state index in [-0.39, 0.29) is 5.41 Å². The zero-order chi connectivity index (χ0) is 29.9. The number of hydrogen-bond donors (Lipinski definition) is 0. The predicted octanol–water partition coefficient (Wildman–Crippen LogP) is 11.8. The highest BCUT2D eigenvalue weighted by Gasteiger charge is 2.36. The second kappa shape index (κ2) is 8.74. The van der Waals surface area contributed by atoms with Crippen LogP contribution in [0, 0.1) is 0 Å². The summed E-state index contributed by atoms with van der Waals surface area (Å²) in [5, 5.41) is 7.43. The highest BCUT2D eigenvalue weighted by Crippen LogP contribution is 2.51. The standard InChI is InChI=1S/C43H29NO/c1-43(2)36-15-7-5-12-31(36)33-25-39-35(24-37(33)43)34-22-27-10-3-4-11-28(27)23-38(34)44(39)29-20-18-26(19-21-29)30-14-9-17-41-42(30)32-13-6-8-16-40(32)45-41/h3-25H,1-2H3. The van der Waals surface area contributed by atoms with Crippen LogP contribution in [-0.2, 0) is 5.41 Å². The zero-order valence-corrected chi connectivity index (χ0v) is 25.1. The molecular weight excluding hydrogens is 546 g/mol. The third kappa shape index (κ3) is 3.34. The lowest BCUT2D eigenvalue weighted by molar-refractivity contribution is 0.661. The topological polar surface area (TPSA) is 18.1 Å². The van der Waals surface area contributed by atoms with Crippen LogP contribution < -0.4 is 0 Å². The fourth-order valence-corrected chi connectivity index (χ4v) is 7.98. The fourth-order valence-electron chi connectivity index (χ4n) is 7.98. The van der Waals surface area contributed by atoms with Crippen LogP contribution in [0.5, 0.6) is 0 Å². The first-order valence-corrected chi connectivity index (χ1v) is 15.7. The maximum atomic E-state index is 6.20. The number of benzene rings is 7. The van der Waals surface area contributed by atoms with Crippen LogP contribution in [0.15, 0.2) is 144 Å². The van der Waals surface area contributed by atoms with Crippen LogP contribution in [0.3, 0.4) is 0 Å². The van der Waals surface area contributed by atoms with Gasteiger partial charge < -0.3 is 8.98 Å². The number of fused-ring (bicyclic) bond motifs is 10. The normalized spacial score (nSPS) is 13.7. The Balaban J connectivity index is 1.23. The minimum Gasteiger partial charge on any atom is -0.456 e. The van der Waals surface area contributed by atoms with Crippen LogP contribution in [-0.4, -0.2) is 4.57 Å². The van der Waals surface area contributed by atoms with Crippen molar-refractivity contribution in [1.29, 1.82) is 0 Å². The van der Waals surface area contributed by atoms with Crippen LogP contribution in [0.25, 0.3) is 82.5 Å². The Morgan fingerprint density at radius 1 is 0.489 bits per heavy atom. The molecule has 0 N–H and O–H groups in total. The van der Waals surface area contributed by atoms with Gasteiger partial charge in [0.05, 0.1) is 11.0 Å². The SMILES string of the molecule is CC1(C)c2ccccc2-c2cc3c(cc21)c1cc2ccccc2cc1n3-c1ccc(-c2cccc3oc4ccccc4c23)cc1. The summed E-state index contributed by atoms with van der Waals surface area (Å²) in [6.07, 6.45) is 0. The lowest BCUT2D eigenvalue weighted by Gasteiger charge is -2.21. The lowest BCUT2D eigenvalue weighted by atomic mass is 9.82. The van der Waals surface area contributed by atoms with Gasteiger partial charge in [-0.15, -0.1) is 0 Å². The van der Waals surface area contributed by atoms with Gasteiger partial charge in [0.2, 0.25) is 0 Å². The average molecular weight is 576 g/mol. The molecule has 1 aliphatic carbocycles. The molecule has 9 aromatic rings. The summed E-state index contributed by atoms with van der Waals surface area (Å²) in [6.45, 7) is 4.72. The maximum Gasteiger partial charge on any atom is 0.136 e. The number of furan rings is 1. The van der Waals surface area contributed by atoms with Crippen LogP contribution in [0.4, 0.5) is 0 Å². The summed E-state index contributed by atoms with van der Waals surface area (Å²) in [4.78, 5) is 0. The highest BCUT2D eigenvalue weighted by atomic mass is 16.3. The molecule has 2 heterocycles. The first kappa shape index (κ1) is 24.8. The summed E-state index contributed by atoms with van der Waals surface area (Å²) in [5.74, 6) is 0. The van der Waals surface area contributed by atoms with E-state index in [1.165, 1.54) is 71.3 Å². The zero-order valence-electron chi connectivity index (χ0n) is 25.1. The number of aromatic nitrogens is 1.